The Morgan fingerprint density at radius 2 is 2.16 bits per heavy atom. The van der Waals surface area contributed by atoms with Crippen LogP contribution in [0.25, 0.3) is 17.4 Å². The second kappa shape index (κ2) is 6.79. The topological polar surface area (TPSA) is 132 Å². The highest BCUT2D eigenvalue weighted by Crippen LogP contribution is 2.40. The molecule has 6 rings (SSSR count). The van der Waals surface area contributed by atoms with Gasteiger partial charge >= 0.3 is 0 Å². The summed E-state index contributed by atoms with van der Waals surface area (Å²) in [4.78, 5) is 32.7. The lowest BCUT2D eigenvalue weighted by atomic mass is 10.2. The van der Waals surface area contributed by atoms with Crippen molar-refractivity contribution < 1.29 is 13.7 Å². The molecule has 0 unspecified atom stereocenters. The number of H-pyrrole nitrogens is 1. The van der Waals surface area contributed by atoms with Crippen LogP contribution < -0.4 is 10.9 Å². The van der Waals surface area contributed by atoms with Crippen LogP contribution in [0.3, 0.4) is 0 Å². The third-order valence-electron chi connectivity index (χ3n) is 5.59. The molecule has 2 N–H and O–H groups in total. The fraction of sp³-hybridized carbons (Fsp3) is 0.286. The minimum Gasteiger partial charge on any atom is -0.463 e. The van der Waals surface area contributed by atoms with Crippen LogP contribution in [0, 0.1) is 0 Å². The molecule has 1 saturated carbocycles. The van der Waals surface area contributed by atoms with Crippen molar-refractivity contribution in [3.05, 3.63) is 63.6 Å². The Bertz CT molecular complexity index is 1340. The molecule has 0 spiro atoms. The maximum absolute atomic E-state index is 12.8. The van der Waals surface area contributed by atoms with Crippen molar-refractivity contribution in [2.24, 2.45) is 0 Å². The Morgan fingerprint density at radius 1 is 1.26 bits per heavy atom. The van der Waals surface area contributed by atoms with Crippen LogP contribution in [0.1, 0.15) is 52.7 Å². The van der Waals surface area contributed by atoms with Crippen molar-refractivity contribution in [2.75, 3.05) is 5.32 Å². The molecule has 0 atom stereocenters. The zero-order valence-corrected chi connectivity index (χ0v) is 16.4. The van der Waals surface area contributed by atoms with E-state index in [-0.39, 0.29) is 17.2 Å². The Labute approximate surface area is 175 Å². The van der Waals surface area contributed by atoms with Crippen molar-refractivity contribution >= 4 is 11.7 Å². The number of amides is 1. The Hall–Kier alpha value is -3.95. The van der Waals surface area contributed by atoms with Crippen LogP contribution in [-0.2, 0) is 12.8 Å². The van der Waals surface area contributed by atoms with E-state index in [4.69, 9.17) is 8.94 Å². The van der Waals surface area contributed by atoms with Crippen LogP contribution in [0.2, 0.25) is 0 Å². The molecule has 10 heteroatoms. The van der Waals surface area contributed by atoms with Gasteiger partial charge in [0, 0.05) is 23.6 Å². The van der Waals surface area contributed by atoms with Gasteiger partial charge in [-0.2, -0.15) is 9.78 Å². The van der Waals surface area contributed by atoms with E-state index in [1.807, 2.05) is 0 Å². The predicted molar refractivity (Wildman–Crippen MR) is 108 cm³/mol. The molecular weight excluding hydrogens is 400 g/mol. The van der Waals surface area contributed by atoms with Crippen molar-refractivity contribution in [2.45, 2.75) is 38.0 Å². The molecule has 1 fully saturated rings. The molecule has 0 radical (unpaired) electrons. The largest absolute Gasteiger partial charge is 0.463 e. The van der Waals surface area contributed by atoms with Gasteiger partial charge in [0.1, 0.15) is 17.3 Å². The molecule has 0 saturated heterocycles. The molecule has 156 valence electrons. The second-order valence-corrected chi connectivity index (χ2v) is 7.82. The highest BCUT2D eigenvalue weighted by atomic mass is 16.5. The number of rotatable bonds is 5. The van der Waals surface area contributed by atoms with E-state index < -0.39 is 5.91 Å². The number of anilines is 1. The van der Waals surface area contributed by atoms with Gasteiger partial charge in [-0.15, -0.1) is 0 Å². The first-order chi connectivity index (χ1) is 15.2. The standard InChI is InChI=1S/C21H18N6O4/c28-19-12-3-1-4-13(12)22-21(24-19)27-18(10-14(25-27)16-5-2-8-30-16)23-20(29)15-9-17(31-26-15)11-6-7-11/h2,5,8-11H,1,3-4,6-7H2,(H,23,29)(H,22,24,28). The van der Waals surface area contributed by atoms with E-state index in [2.05, 4.69) is 25.5 Å². The van der Waals surface area contributed by atoms with E-state index in [9.17, 15) is 9.59 Å². The summed E-state index contributed by atoms with van der Waals surface area (Å²) in [5, 5.41) is 11.2. The molecule has 0 bridgehead atoms. The second-order valence-electron chi connectivity index (χ2n) is 7.82. The lowest BCUT2D eigenvalue weighted by molar-refractivity contribution is 0.101. The summed E-state index contributed by atoms with van der Waals surface area (Å²) >= 11 is 0. The third-order valence-corrected chi connectivity index (χ3v) is 5.59. The van der Waals surface area contributed by atoms with E-state index in [0.29, 0.717) is 35.2 Å². The van der Waals surface area contributed by atoms with Crippen molar-refractivity contribution in [1.29, 1.82) is 0 Å². The zero-order chi connectivity index (χ0) is 20.9. The summed E-state index contributed by atoms with van der Waals surface area (Å²) in [5.74, 6) is 1.72. The summed E-state index contributed by atoms with van der Waals surface area (Å²) in [7, 11) is 0. The zero-order valence-electron chi connectivity index (χ0n) is 16.4. The molecule has 4 aromatic heterocycles. The molecule has 1 amide bonds. The normalized spacial score (nSPS) is 15.2. The Morgan fingerprint density at radius 3 is 2.97 bits per heavy atom. The summed E-state index contributed by atoms with van der Waals surface area (Å²) in [5.41, 5.74) is 1.96. The first-order valence-corrected chi connectivity index (χ1v) is 10.2. The molecule has 4 aromatic rings. The third kappa shape index (κ3) is 3.16. The van der Waals surface area contributed by atoms with Crippen molar-refractivity contribution in [3.63, 3.8) is 0 Å². The number of hydrogen-bond acceptors (Lipinski definition) is 7. The summed E-state index contributed by atoms with van der Waals surface area (Å²) < 4.78 is 12.1. The molecule has 4 heterocycles. The molecule has 2 aliphatic rings. The van der Waals surface area contributed by atoms with E-state index >= 15 is 0 Å². The van der Waals surface area contributed by atoms with Gasteiger partial charge in [0.25, 0.3) is 11.5 Å². The number of hydrogen-bond donors (Lipinski definition) is 2. The summed E-state index contributed by atoms with van der Waals surface area (Å²) in [6.45, 7) is 0. The van der Waals surface area contributed by atoms with Crippen LogP contribution in [0.4, 0.5) is 5.82 Å². The number of nitrogens with one attached hydrogen (secondary N) is 2. The predicted octanol–water partition coefficient (Wildman–Crippen LogP) is 2.82. The number of aromatic nitrogens is 5. The monoisotopic (exact) mass is 418 g/mol. The fourth-order valence-corrected chi connectivity index (χ4v) is 3.84. The maximum Gasteiger partial charge on any atom is 0.279 e. The van der Waals surface area contributed by atoms with E-state index in [1.165, 1.54) is 10.9 Å². The molecule has 0 aromatic carbocycles. The van der Waals surface area contributed by atoms with Gasteiger partial charge in [-0.25, -0.2) is 4.98 Å². The highest BCUT2D eigenvalue weighted by molar-refractivity contribution is 6.02. The number of aryl methyl sites for hydroxylation is 1. The Balaban J connectivity index is 1.39. The smallest absolute Gasteiger partial charge is 0.279 e. The number of fused-ring (bicyclic) bond motifs is 1. The minimum atomic E-state index is -0.439. The summed E-state index contributed by atoms with van der Waals surface area (Å²) in [6.07, 6.45) is 5.98. The SMILES string of the molecule is O=C(Nc1cc(-c2ccco2)nn1-c1nc2c(c(=O)[nH]1)CCC2)c1cc(C2CC2)on1. The van der Waals surface area contributed by atoms with Crippen molar-refractivity contribution in [1.82, 2.24) is 24.9 Å². The minimum absolute atomic E-state index is 0.185. The van der Waals surface area contributed by atoms with Crippen LogP contribution in [0.5, 0.6) is 0 Å². The Kier molecular flexibility index (Phi) is 3.92. The van der Waals surface area contributed by atoms with Gasteiger partial charge in [-0.05, 0) is 44.2 Å². The molecule has 10 nitrogen and oxygen atoms in total. The number of furan rings is 1. The number of carbonyl (C=O) groups is 1. The average molecular weight is 418 g/mol. The lowest BCUT2D eigenvalue weighted by Gasteiger charge is -2.08. The molecule has 0 aliphatic heterocycles. The number of aromatic amines is 1. The molecule has 31 heavy (non-hydrogen) atoms. The van der Waals surface area contributed by atoms with E-state index in [1.54, 1.807) is 24.3 Å². The molecular formula is C21H18N6O4. The molecule has 2 aliphatic carbocycles. The fourth-order valence-electron chi connectivity index (χ4n) is 3.84. The highest BCUT2D eigenvalue weighted by Gasteiger charge is 2.29. The van der Waals surface area contributed by atoms with Gasteiger partial charge in [0.05, 0.1) is 12.0 Å². The quantitative estimate of drug-likeness (QED) is 0.509. The van der Waals surface area contributed by atoms with Gasteiger partial charge < -0.3 is 14.3 Å². The van der Waals surface area contributed by atoms with E-state index in [0.717, 1.165) is 37.1 Å². The first-order valence-electron chi connectivity index (χ1n) is 10.2. The van der Waals surface area contributed by atoms with Gasteiger partial charge in [0.15, 0.2) is 11.5 Å². The number of carbonyl (C=O) groups excluding carboxylic acids is 1. The van der Waals surface area contributed by atoms with Gasteiger partial charge in [-0.1, -0.05) is 5.16 Å². The number of nitrogens with zero attached hydrogens (tertiary/aromatic N) is 4. The van der Waals surface area contributed by atoms with Crippen LogP contribution >= 0.6 is 0 Å². The van der Waals surface area contributed by atoms with Crippen molar-refractivity contribution in [3.8, 4) is 17.4 Å². The summed E-state index contributed by atoms with van der Waals surface area (Å²) in [6, 6.07) is 6.83. The van der Waals surface area contributed by atoms with Crippen LogP contribution in [-0.4, -0.2) is 30.8 Å². The first kappa shape index (κ1) is 17.9. The van der Waals surface area contributed by atoms with Gasteiger partial charge in [-0.3, -0.25) is 14.6 Å². The lowest BCUT2D eigenvalue weighted by Crippen LogP contribution is -2.21. The van der Waals surface area contributed by atoms with Crippen LogP contribution in [0.15, 0.2) is 44.3 Å². The average Bonchev–Trinajstić information content (AvgIpc) is 3.26. The van der Waals surface area contributed by atoms with Gasteiger partial charge in [0.2, 0.25) is 5.95 Å². The maximum atomic E-state index is 12.8.